The normalized spacial score (nSPS) is 22.1. The highest BCUT2D eigenvalue weighted by atomic mass is 16.8. The molecule has 2 aliphatic rings. The van der Waals surface area contributed by atoms with Crippen molar-refractivity contribution in [3.8, 4) is 28.7 Å². The second-order valence-corrected chi connectivity index (χ2v) is 6.24. The summed E-state index contributed by atoms with van der Waals surface area (Å²) < 4.78 is 38.6. The Kier molecular flexibility index (Phi) is 4.54. The maximum absolute atomic E-state index is 11.9. The molecule has 0 radical (unpaired) electrons. The third-order valence-electron chi connectivity index (χ3n) is 4.87. The smallest absolute Gasteiger partial charge is 0.493 e. The number of hydrogen-bond acceptors (Lipinski definition) is 8. The van der Waals surface area contributed by atoms with Crippen molar-refractivity contribution in [3.05, 3.63) is 41.5 Å². The number of benzene rings is 2. The first-order valence-electron chi connectivity index (χ1n) is 8.62. The Balaban J connectivity index is 1.83. The number of methoxy groups -OCH3 is 4. The van der Waals surface area contributed by atoms with Crippen molar-refractivity contribution in [2.75, 3.05) is 28.4 Å². The largest absolute Gasteiger partial charge is 0.509 e. The quantitative estimate of drug-likeness (QED) is 0.721. The molecule has 2 heterocycles. The van der Waals surface area contributed by atoms with E-state index < -0.39 is 24.5 Å². The minimum atomic E-state index is -0.744. The molecule has 2 aliphatic heterocycles. The van der Waals surface area contributed by atoms with Crippen molar-refractivity contribution in [1.29, 1.82) is 0 Å². The lowest BCUT2D eigenvalue weighted by molar-refractivity contribution is 0.00572. The summed E-state index contributed by atoms with van der Waals surface area (Å²) in [5.74, 6) is 2.50. The SMILES string of the molecule is COc1ccc([C@@H]2Oc3c(ccc(OC)c3OC)[C@H]3OC(=O)O[C@H]32)cc1OC. The lowest BCUT2D eigenvalue weighted by atomic mass is 9.91. The minimum absolute atomic E-state index is 0.423. The number of carbonyl (C=O) groups excluding carboxylic acids is 1. The van der Waals surface area contributed by atoms with E-state index in [2.05, 4.69) is 0 Å². The molecule has 0 amide bonds. The molecule has 1 saturated heterocycles. The van der Waals surface area contributed by atoms with E-state index in [4.69, 9.17) is 33.2 Å². The van der Waals surface area contributed by atoms with Crippen molar-refractivity contribution in [1.82, 2.24) is 0 Å². The molecule has 8 nitrogen and oxygen atoms in total. The predicted octanol–water partition coefficient (Wildman–Crippen LogP) is 3.43. The van der Waals surface area contributed by atoms with Gasteiger partial charge in [-0.1, -0.05) is 6.07 Å². The van der Waals surface area contributed by atoms with Crippen LogP contribution in [-0.4, -0.2) is 40.7 Å². The van der Waals surface area contributed by atoms with Gasteiger partial charge in [0.1, 0.15) is 0 Å². The van der Waals surface area contributed by atoms with Gasteiger partial charge in [0.2, 0.25) is 5.75 Å². The van der Waals surface area contributed by atoms with E-state index in [1.54, 1.807) is 45.6 Å². The summed E-state index contributed by atoms with van der Waals surface area (Å²) in [5, 5.41) is 0. The summed E-state index contributed by atoms with van der Waals surface area (Å²) in [6.07, 6.45) is -2.66. The Bertz CT molecular complexity index is 909. The molecule has 2 aromatic carbocycles. The Morgan fingerprint density at radius 1 is 0.750 bits per heavy atom. The molecule has 0 unspecified atom stereocenters. The first kappa shape index (κ1) is 18.1. The summed E-state index contributed by atoms with van der Waals surface area (Å²) in [4.78, 5) is 11.9. The molecule has 0 saturated carbocycles. The van der Waals surface area contributed by atoms with E-state index in [-0.39, 0.29) is 0 Å². The molecular weight excluding hydrogens is 368 g/mol. The second kappa shape index (κ2) is 7.03. The van der Waals surface area contributed by atoms with Gasteiger partial charge < -0.3 is 33.2 Å². The van der Waals surface area contributed by atoms with E-state index in [1.807, 2.05) is 6.07 Å². The van der Waals surface area contributed by atoms with Crippen LogP contribution in [0.3, 0.4) is 0 Å². The van der Waals surface area contributed by atoms with E-state index in [1.165, 1.54) is 7.11 Å². The fourth-order valence-corrected chi connectivity index (χ4v) is 3.57. The van der Waals surface area contributed by atoms with Gasteiger partial charge >= 0.3 is 6.16 Å². The van der Waals surface area contributed by atoms with Gasteiger partial charge in [-0.05, 0) is 24.3 Å². The van der Waals surface area contributed by atoms with Gasteiger partial charge in [0.15, 0.2) is 41.3 Å². The predicted molar refractivity (Wildman–Crippen MR) is 96.6 cm³/mol. The molecule has 4 rings (SSSR count). The molecule has 8 heteroatoms. The van der Waals surface area contributed by atoms with Crippen LogP contribution in [-0.2, 0) is 9.47 Å². The van der Waals surface area contributed by atoms with E-state index in [0.29, 0.717) is 34.3 Å². The van der Waals surface area contributed by atoms with Crippen LogP contribution in [0.1, 0.15) is 23.3 Å². The van der Waals surface area contributed by atoms with Crippen LogP contribution in [0.2, 0.25) is 0 Å². The van der Waals surface area contributed by atoms with Crippen LogP contribution < -0.4 is 23.7 Å². The van der Waals surface area contributed by atoms with Gasteiger partial charge in [-0.15, -0.1) is 0 Å². The third kappa shape index (κ3) is 2.72. The van der Waals surface area contributed by atoms with Gasteiger partial charge in [-0.2, -0.15) is 0 Å². The maximum atomic E-state index is 11.9. The number of fused-ring (bicyclic) bond motifs is 3. The number of hydrogen-bond donors (Lipinski definition) is 0. The summed E-state index contributed by atoms with van der Waals surface area (Å²) in [7, 11) is 6.18. The Labute approximate surface area is 161 Å². The second-order valence-electron chi connectivity index (χ2n) is 6.24. The molecule has 3 atom stereocenters. The van der Waals surface area contributed by atoms with Gasteiger partial charge in [-0.25, -0.2) is 4.79 Å². The summed E-state index contributed by atoms with van der Waals surface area (Å²) >= 11 is 0. The molecule has 0 N–H and O–H groups in total. The highest BCUT2D eigenvalue weighted by Crippen LogP contribution is 2.53. The third-order valence-corrected chi connectivity index (χ3v) is 4.87. The Morgan fingerprint density at radius 3 is 2.14 bits per heavy atom. The average molecular weight is 388 g/mol. The maximum Gasteiger partial charge on any atom is 0.509 e. The number of carbonyl (C=O) groups is 1. The lowest BCUT2D eigenvalue weighted by Gasteiger charge is -2.34. The van der Waals surface area contributed by atoms with Crippen LogP contribution in [0.15, 0.2) is 30.3 Å². The molecule has 1 fully saturated rings. The zero-order valence-corrected chi connectivity index (χ0v) is 15.9. The summed E-state index contributed by atoms with van der Waals surface area (Å²) in [6.45, 7) is 0. The molecule has 0 bridgehead atoms. The van der Waals surface area contributed by atoms with Crippen LogP contribution in [0.4, 0.5) is 4.79 Å². The van der Waals surface area contributed by atoms with E-state index in [9.17, 15) is 4.79 Å². The molecule has 2 aromatic rings. The summed E-state index contributed by atoms with van der Waals surface area (Å²) in [5.41, 5.74) is 1.40. The highest BCUT2D eigenvalue weighted by molar-refractivity contribution is 5.66. The van der Waals surface area contributed by atoms with Crippen molar-refractivity contribution < 1.29 is 38.0 Å². The summed E-state index contributed by atoms with van der Waals surface area (Å²) in [6, 6.07) is 8.89. The standard InChI is InChI=1S/C20H20O8/c1-22-12-7-5-10(9-14(12)24-3)15-19-17(27-20(21)28-19)11-6-8-13(23-2)18(25-4)16(11)26-15/h5-9,15,17,19H,1-4H3/t15-,17+,19-/m0/s1. The van der Waals surface area contributed by atoms with Crippen molar-refractivity contribution in [2.45, 2.75) is 18.3 Å². The van der Waals surface area contributed by atoms with Crippen LogP contribution >= 0.6 is 0 Å². The van der Waals surface area contributed by atoms with Crippen molar-refractivity contribution in [3.63, 3.8) is 0 Å². The zero-order chi connectivity index (χ0) is 19.8. The fraction of sp³-hybridized carbons (Fsp3) is 0.350. The molecule has 0 aromatic heterocycles. The Morgan fingerprint density at radius 2 is 1.46 bits per heavy atom. The van der Waals surface area contributed by atoms with Gasteiger partial charge in [0.05, 0.1) is 28.4 Å². The van der Waals surface area contributed by atoms with E-state index >= 15 is 0 Å². The first-order valence-corrected chi connectivity index (χ1v) is 8.62. The van der Waals surface area contributed by atoms with Crippen molar-refractivity contribution in [2.24, 2.45) is 0 Å². The van der Waals surface area contributed by atoms with Gasteiger partial charge in [-0.3, -0.25) is 0 Å². The van der Waals surface area contributed by atoms with Gasteiger partial charge in [0.25, 0.3) is 0 Å². The Hall–Kier alpha value is -3.29. The fourth-order valence-electron chi connectivity index (χ4n) is 3.57. The molecule has 0 aliphatic carbocycles. The molecule has 0 spiro atoms. The average Bonchev–Trinajstić information content (AvgIpc) is 3.12. The van der Waals surface area contributed by atoms with Crippen molar-refractivity contribution >= 4 is 6.16 Å². The molecular formula is C20H20O8. The van der Waals surface area contributed by atoms with Gasteiger partial charge in [0, 0.05) is 11.1 Å². The van der Waals surface area contributed by atoms with Crippen LogP contribution in [0.5, 0.6) is 28.7 Å². The topological polar surface area (TPSA) is 81.7 Å². The zero-order valence-electron chi connectivity index (χ0n) is 15.9. The van der Waals surface area contributed by atoms with E-state index in [0.717, 1.165) is 5.56 Å². The molecule has 148 valence electrons. The van der Waals surface area contributed by atoms with Crippen LogP contribution in [0.25, 0.3) is 0 Å². The highest BCUT2D eigenvalue weighted by Gasteiger charge is 2.50. The first-order chi connectivity index (χ1) is 13.6. The molecule has 28 heavy (non-hydrogen) atoms. The number of rotatable bonds is 5. The minimum Gasteiger partial charge on any atom is -0.493 e. The monoisotopic (exact) mass is 388 g/mol. The number of ether oxygens (including phenoxy) is 7. The lowest BCUT2D eigenvalue weighted by Crippen LogP contribution is -2.33. The van der Waals surface area contributed by atoms with Crippen LogP contribution in [0, 0.1) is 0 Å².